The van der Waals surface area contributed by atoms with Crippen molar-refractivity contribution in [1.82, 2.24) is 4.90 Å². The van der Waals surface area contributed by atoms with Crippen molar-refractivity contribution in [2.24, 2.45) is 29.4 Å². The molecule has 4 rings (SSSR count). The molecule has 2 nitrogen and oxygen atoms in total. The van der Waals surface area contributed by atoms with E-state index in [2.05, 4.69) is 4.90 Å². The van der Waals surface area contributed by atoms with Crippen LogP contribution >= 0.6 is 0 Å². The molecular weight excluding hydrogens is 208 g/mol. The van der Waals surface area contributed by atoms with Crippen molar-refractivity contribution >= 4 is 0 Å². The van der Waals surface area contributed by atoms with Crippen molar-refractivity contribution < 1.29 is 0 Å². The summed E-state index contributed by atoms with van der Waals surface area (Å²) >= 11 is 0. The van der Waals surface area contributed by atoms with Gasteiger partial charge in [-0.25, -0.2) is 0 Å². The number of fused-ring (bicyclic) bond motifs is 2. The van der Waals surface area contributed by atoms with Crippen molar-refractivity contribution in [3.05, 3.63) is 0 Å². The molecule has 4 aliphatic rings. The van der Waals surface area contributed by atoms with E-state index in [1.165, 1.54) is 58.0 Å². The number of rotatable bonds is 5. The van der Waals surface area contributed by atoms with Gasteiger partial charge in [0.15, 0.2) is 0 Å². The van der Waals surface area contributed by atoms with Gasteiger partial charge in [0.25, 0.3) is 0 Å². The van der Waals surface area contributed by atoms with Crippen LogP contribution in [0.2, 0.25) is 0 Å². The third kappa shape index (κ3) is 2.04. The molecule has 2 N–H and O–H groups in total. The Balaban J connectivity index is 1.40. The molecule has 2 heteroatoms. The summed E-state index contributed by atoms with van der Waals surface area (Å²) in [6.45, 7) is 2.73. The first-order valence-corrected chi connectivity index (χ1v) is 7.81. The fourth-order valence-corrected chi connectivity index (χ4v) is 4.44. The van der Waals surface area contributed by atoms with Crippen molar-refractivity contribution in [2.75, 3.05) is 13.1 Å². The molecule has 0 spiro atoms. The molecular formula is C15H26N2. The lowest BCUT2D eigenvalue weighted by molar-refractivity contribution is 0.162. The molecule has 4 unspecified atom stereocenters. The van der Waals surface area contributed by atoms with Crippen LogP contribution in [-0.4, -0.2) is 30.1 Å². The van der Waals surface area contributed by atoms with Crippen LogP contribution in [0.5, 0.6) is 0 Å². The third-order valence-corrected chi connectivity index (χ3v) is 5.86. The molecule has 4 fully saturated rings. The van der Waals surface area contributed by atoms with E-state index in [1.54, 1.807) is 0 Å². The van der Waals surface area contributed by atoms with Crippen LogP contribution < -0.4 is 5.73 Å². The van der Waals surface area contributed by atoms with Crippen molar-refractivity contribution in [3.8, 4) is 0 Å². The van der Waals surface area contributed by atoms with Crippen molar-refractivity contribution in [1.29, 1.82) is 0 Å². The number of nitrogens with two attached hydrogens (primary N) is 1. The van der Waals surface area contributed by atoms with Crippen molar-refractivity contribution in [3.63, 3.8) is 0 Å². The first-order chi connectivity index (χ1) is 8.31. The maximum absolute atomic E-state index is 6.45. The van der Waals surface area contributed by atoms with Gasteiger partial charge in [-0.15, -0.1) is 0 Å². The predicted octanol–water partition coefficient (Wildman–Crippen LogP) is 2.23. The van der Waals surface area contributed by atoms with Gasteiger partial charge in [-0.2, -0.15) is 0 Å². The van der Waals surface area contributed by atoms with Gasteiger partial charge < -0.3 is 5.73 Å². The van der Waals surface area contributed by atoms with E-state index in [9.17, 15) is 0 Å². The van der Waals surface area contributed by atoms with Crippen LogP contribution in [0.25, 0.3) is 0 Å². The lowest BCUT2D eigenvalue weighted by Gasteiger charge is -2.33. The minimum atomic E-state index is 0.536. The van der Waals surface area contributed by atoms with Crippen LogP contribution in [0.3, 0.4) is 0 Å². The smallest absolute Gasteiger partial charge is 0.0111 e. The Bertz CT molecular complexity index is 293. The maximum Gasteiger partial charge on any atom is 0.0111 e. The molecule has 0 aliphatic heterocycles. The Kier molecular flexibility index (Phi) is 2.52. The predicted molar refractivity (Wildman–Crippen MR) is 69.6 cm³/mol. The molecule has 0 saturated heterocycles. The Morgan fingerprint density at radius 1 is 0.882 bits per heavy atom. The average molecular weight is 234 g/mol. The number of hydrogen-bond donors (Lipinski definition) is 1. The van der Waals surface area contributed by atoms with E-state index in [0.717, 1.165) is 29.7 Å². The lowest BCUT2D eigenvalue weighted by atomic mass is 9.84. The first-order valence-electron chi connectivity index (χ1n) is 7.81. The van der Waals surface area contributed by atoms with Gasteiger partial charge in [0.05, 0.1) is 0 Å². The second kappa shape index (κ2) is 3.96. The second-order valence-corrected chi connectivity index (χ2v) is 7.20. The molecule has 2 bridgehead atoms. The second-order valence-electron chi connectivity index (χ2n) is 7.20. The Hall–Kier alpha value is -0.0800. The van der Waals surface area contributed by atoms with E-state index in [4.69, 9.17) is 5.73 Å². The van der Waals surface area contributed by atoms with Crippen LogP contribution in [0, 0.1) is 23.7 Å². The molecule has 0 amide bonds. The molecule has 0 aromatic carbocycles. The van der Waals surface area contributed by atoms with E-state index in [1.807, 2.05) is 0 Å². The van der Waals surface area contributed by atoms with Crippen LogP contribution in [0.1, 0.15) is 44.9 Å². The zero-order chi connectivity index (χ0) is 11.4. The molecule has 4 saturated carbocycles. The SMILES string of the molecule is NC1C2CCC(C2)C1CN(CC1CC1)C1CC1. The van der Waals surface area contributed by atoms with Gasteiger partial charge in [0, 0.05) is 25.2 Å². The number of nitrogens with zero attached hydrogens (tertiary/aromatic N) is 1. The van der Waals surface area contributed by atoms with Gasteiger partial charge in [-0.05, 0) is 68.6 Å². The lowest BCUT2D eigenvalue weighted by Crippen LogP contribution is -2.44. The highest BCUT2D eigenvalue weighted by atomic mass is 15.2. The van der Waals surface area contributed by atoms with Gasteiger partial charge in [-0.1, -0.05) is 0 Å². The van der Waals surface area contributed by atoms with Crippen LogP contribution in [0.4, 0.5) is 0 Å². The fraction of sp³-hybridized carbons (Fsp3) is 1.00. The summed E-state index contributed by atoms with van der Waals surface area (Å²) in [5.41, 5.74) is 6.45. The maximum atomic E-state index is 6.45. The van der Waals surface area contributed by atoms with E-state index in [-0.39, 0.29) is 0 Å². The van der Waals surface area contributed by atoms with E-state index < -0.39 is 0 Å². The minimum absolute atomic E-state index is 0.536. The Morgan fingerprint density at radius 3 is 2.24 bits per heavy atom. The van der Waals surface area contributed by atoms with Gasteiger partial charge in [0.2, 0.25) is 0 Å². The molecule has 0 aromatic rings. The van der Waals surface area contributed by atoms with Crippen LogP contribution in [-0.2, 0) is 0 Å². The quantitative estimate of drug-likeness (QED) is 0.790. The summed E-state index contributed by atoms with van der Waals surface area (Å²) < 4.78 is 0. The highest BCUT2D eigenvalue weighted by Crippen LogP contribution is 2.48. The highest BCUT2D eigenvalue weighted by molar-refractivity contribution is 5.01. The molecule has 17 heavy (non-hydrogen) atoms. The normalized spacial score (nSPS) is 44.8. The van der Waals surface area contributed by atoms with E-state index >= 15 is 0 Å². The molecule has 4 aliphatic carbocycles. The van der Waals surface area contributed by atoms with E-state index in [0.29, 0.717) is 6.04 Å². The first kappa shape index (κ1) is 10.8. The molecule has 0 heterocycles. The van der Waals surface area contributed by atoms with Gasteiger partial charge >= 0.3 is 0 Å². The van der Waals surface area contributed by atoms with Crippen LogP contribution in [0.15, 0.2) is 0 Å². The van der Waals surface area contributed by atoms with Gasteiger partial charge in [0.1, 0.15) is 0 Å². The summed E-state index contributed by atoms with van der Waals surface area (Å²) in [6, 6.07) is 1.48. The topological polar surface area (TPSA) is 29.3 Å². The Labute approximate surface area is 105 Å². The Morgan fingerprint density at radius 2 is 1.65 bits per heavy atom. The highest BCUT2D eigenvalue weighted by Gasteiger charge is 2.47. The van der Waals surface area contributed by atoms with Gasteiger partial charge in [-0.3, -0.25) is 4.90 Å². The third-order valence-electron chi connectivity index (χ3n) is 5.86. The van der Waals surface area contributed by atoms with Crippen molar-refractivity contribution in [2.45, 2.75) is 57.0 Å². The number of hydrogen-bond acceptors (Lipinski definition) is 2. The minimum Gasteiger partial charge on any atom is -0.327 e. The largest absolute Gasteiger partial charge is 0.327 e. The summed E-state index contributed by atoms with van der Waals surface area (Å²) in [6.07, 6.45) is 10.3. The fourth-order valence-electron chi connectivity index (χ4n) is 4.44. The standard InChI is InChI=1S/C15H26N2/c16-15-12-4-3-11(7-12)14(15)9-17(13-5-6-13)8-10-1-2-10/h10-15H,1-9,16H2. The summed E-state index contributed by atoms with van der Waals surface area (Å²) in [4.78, 5) is 2.82. The zero-order valence-electron chi connectivity index (χ0n) is 10.9. The summed E-state index contributed by atoms with van der Waals surface area (Å²) in [5, 5.41) is 0. The molecule has 0 aromatic heterocycles. The average Bonchev–Trinajstić information content (AvgIpc) is 3.22. The molecule has 96 valence electrons. The molecule has 4 atom stereocenters. The monoisotopic (exact) mass is 234 g/mol. The molecule has 0 radical (unpaired) electrons. The zero-order valence-corrected chi connectivity index (χ0v) is 10.9. The summed E-state index contributed by atoms with van der Waals surface area (Å²) in [5.74, 6) is 3.75. The summed E-state index contributed by atoms with van der Waals surface area (Å²) in [7, 11) is 0.